The van der Waals surface area contributed by atoms with Crippen molar-refractivity contribution in [3.8, 4) is 0 Å². The Kier molecular flexibility index (Phi) is 7.13. The van der Waals surface area contributed by atoms with Crippen molar-refractivity contribution in [2.24, 2.45) is 5.41 Å². The Hall–Kier alpha value is -0.810. The van der Waals surface area contributed by atoms with Gasteiger partial charge in [0.1, 0.15) is 5.60 Å². The number of hydrogen-bond acceptors (Lipinski definition) is 4. The summed E-state index contributed by atoms with van der Waals surface area (Å²) in [6, 6.07) is 0.184. The van der Waals surface area contributed by atoms with Crippen LogP contribution in [-0.4, -0.2) is 54.0 Å². The predicted molar refractivity (Wildman–Crippen MR) is 88.9 cm³/mol. The maximum absolute atomic E-state index is 12.3. The molecule has 1 rings (SSSR count). The van der Waals surface area contributed by atoms with E-state index in [1.807, 2.05) is 25.7 Å². The van der Waals surface area contributed by atoms with Crippen molar-refractivity contribution >= 4 is 6.09 Å². The Morgan fingerprint density at radius 3 is 2.55 bits per heavy atom. The quantitative estimate of drug-likeness (QED) is 0.791. The summed E-state index contributed by atoms with van der Waals surface area (Å²) in [5.74, 6) is 0. The molecule has 130 valence electrons. The van der Waals surface area contributed by atoms with Crippen molar-refractivity contribution in [3.05, 3.63) is 0 Å². The summed E-state index contributed by atoms with van der Waals surface area (Å²) in [6.45, 7) is 12.3. The Balaban J connectivity index is 2.53. The zero-order valence-electron chi connectivity index (χ0n) is 14.9. The lowest BCUT2D eigenvalue weighted by Crippen LogP contribution is -2.51. The van der Waals surface area contributed by atoms with Crippen molar-refractivity contribution in [1.82, 2.24) is 10.2 Å². The third-order valence-corrected chi connectivity index (χ3v) is 4.42. The fraction of sp³-hybridized carbons (Fsp3) is 0.941. The molecule has 0 radical (unpaired) electrons. The van der Waals surface area contributed by atoms with Crippen molar-refractivity contribution in [1.29, 1.82) is 0 Å². The molecule has 22 heavy (non-hydrogen) atoms. The fourth-order valence-corrected chi connectivity index (χ4v) is 2.61. The van der Waals surface area contributed by atoms with Crippen LogP contribution in [0.1, 0.15) is 60.3 Å². The summed E-state index contributed by atoms with van der Waals surface area (Å²) in [4.78, 5) is 14.2. The van der Waals surface area contributed by atoms with E-state index in [9.17, 15) is 9.90 Å². The van der Waals surface area contributed by atoms with Gasteiger partial charge in [0.15, 0.2) is 0 Å². The predicted octanol–water partition coefficient (Wildman–Crippen LogP) is 2.77. The first-order valence-electron chi connectivity index (χ1n) is 8.52. The van der Waals surface area contributed by atoms with Crippen molar-refractivity contribution in [2.45, 2.75) is 71.9 Å². The summed E-state index contributed by atoms with van der Waals surface area (Å²) in [6.07, 6.45) is 3.92. The SMILES string of the molecule is CCC(C)(CO)CNCC1CCCCN1C(=O)OC(C)(C)C. The maximum atomic E-state index is 12.3. The maximum Gasteiger partial charge on any atom is 0.410 e. The summed E-state index contributed by atoms with van der Waals surface area (Å²) in [5, 5.41) is 12.9. The van der Waals surface area contributed by atoms with Crippen molar-refractivity contribution in [2.75, 3.05) is 26.2 Å². The van der Waals surface area contributed by atoms with E-state index in [-0.39, 0.29) is 24.2 Å². The van der Waals surface area contributed by atoms with Gasteiger partial charge in [0.2, 0.25) is 0 Å². The van der Waals surface area contributed by atoms with Gasteiger partial charge in [-0.15, -0.1) is 0 Å². The van der Waals surface area contributed by atoms with Gasteiger partial charge < -0.3 is 20.1 Å². The molecule has 0 spiro atoms. The highest BCUT2D eigenvalue weighted by atomic mass is 16.6. The third kappa shape index (κ3) is 6.13. The number of carbonyl (C=O) groups is 1. The minimum absolute atomic E-state index is 0.0918. The number of likely N-dealkylation sites (tertiary alicyclic amines) is 1. The van der Waals surface area contributed by atoms with Crippen LogP contribution in [-0.2, 0) is 4.74 Å². The summed E-state index contributed by atoms with van der Waals surface area (Å²) >= 11 is 0. The van der Waals surface area contributed by atoms with Crippen LogP contribution in [0.25, 0.3) is 0 Å². The molecule has 0 aromatic rings. The molecule has 0 aliphatic carbocycles. The summed E-state index contributed by atoms with van der Waals surface area (Å²) in [7, 11) is 0. The zero-order chi connectivity index (χ0) is 16.8. The standard InChI is InChI=1S/C17H34N2O3/c1-6-17(5,13-20)12-18-11-14-9-7-8-10-19(14)15(21)22-16(2,3)4/h14,18,20H,6-13H2,1-5H3. The van der Waals surface area contributed by atoms with Crippen molar-refractivity contribution in [3.63, 3.8) is 0 Å². The third-order valence-electron chi connectivity index (χ3n) is 4.42. The second kappa shape index (κ2) is 8.16. The van der Waals surface area contributed by atoms with Crippen LogP contribution in [0.5, 0.6) is 0 Å². The molecule has 5 nitrogen and oxygen atoms in total. The monoisotopic (exact) mass is 314 g/mol. The van der Waals surface area contributed by atoms with Gasteiger partial charge in [-0.25, -0.2) is 4.79 Å². The van der Waals surface area contributed by atoms with Gasteiger partial charge in [-0.2, -0.15) is 0 Å². The number of carbonyl (C=O) groups excluding carboxylic acids is 1. The Morgan fingerprint density at radius 2 is 2.00 bits per heavy atom. The Bertz CT molecular complexity index is 348. The van der Waals surface area contributed by atoms with Gasteiger partial charge in [-0.3, -0.25) is 0 Å². The topological polar surface area (TPSA) is 61.8 Å². The van der Waals surface area contributed by atoms with Gasteiger partial charge >= 0.3 is 6.09 Å². The van der Waals surface area contributed by atoms with Crippen LogP contribution >= 0.6 is 0 Å². The first-order chi connectivity index (χ1) is 10.2. The fourth-order valence-electron chi connectivity index (χ4n) is 2.61. The lowest BCUT2D eigenvalue weighted by atomic mass is 9.88. The van der Waals surface area contributed by atoms with Gasteiger partial charge in [-0.05, 0) is 46.5 Å². The van der Waals surface area contributed by atoms with E-state index in [2.05, 4.69) is 19.2 Å². The average Bonchev–Trinajstić information content (AvgIpc) is 2.45. The first kappa shape index (κ1) is 19.2. The molecule has 2 unspecified atom stereocenters. The Labute approximate surface area is 135 Å². The van der Waals surface area contributed by atoms with Crippen LogP contribution in [0.3, 0.4) is 0 Å². The minimum atomic E-state index is -0.454. The van der Waals surface area contributed by atoms with Gasteiger partial charge in [-0.1, -0.05) is 13.8 Å². The highest BCUT2D eigenvalue weighted by molar-refractivity contribution is 5.68. The number of piperidine rings is 1. The number of hydrogen-bond donors (Lipinski definition) is 2. The molecular weight excluding hydrogens is 280 g/mol. The number of ether oxygens (including phenoxy) is 1. The zero-order valence-corrected chi connectivity index (χ0v) is 14.9. The van der Waals surface area contributed by atoms with E-state index in [4.69, 9.17) is 4.74 Å². The lowest BCUT2D eigenvalue weighted by molar-refractivity contribution is 0.00947. The molecule has 2 N–H and O–H groups in total. The van der Waals surface area contributed by atoms with E-state index < -0.39 is 5.60 Å². The number of aliphatic hydroxyl groups is 1. The van der Waals surface area contributed by atoms with Gasteiger partial charge in [0, 0.05) is 37.7 Å². The molecule has 1 saturated heterocycles. The summed E-state index contributed by atoms with van der Waals surface area (Å²) < 4.78 is 5.52. The molecule has 0 aromatic carbocycles. The average molecular weight is 314 g/mol. The second-order valence-corrected chi connectivity index (χ2v) is 7.78. The Morgan fingerprint density at radius 1 is 1.32 bits per heavy atom. The van der Waals surface area contributed by atoms with E-state index in [0.717, 1.165) is 45.3 Å². The smallest absolute Gasteiger partial charge is 0.410 e. The summed E-state index contributed by atoms with van der Waals surface area (Å²) in [5.41, 5.74) is -0.546. The number of nitrogens with zero attached hydrogens (tertiary/aromatic N) is 1. The molecule has 0 bridgehead atoms. The number of aliphatic hydroxyl groups excluding tert-OH is 1. The van der Waals surface area contributed by atoms with Crippen LogP contribution in [0.4, 0.5) is 4.79 Å². The van der Waals surface area contributed by atoms with Gasteiger partial charge in [0.05, 0.1) is 0 Å². The molecule has 1 aliphatic rings. The normalized spacial score (nSPS) is 22.3. The number of nitrogens with one attached hydrogen (secondary N) is 1. The number of rotatable bonds is 6. The minimum Gasteiger partial charge on any atom is -0.444 e. The van der Waals surface area contributed by atoms with Gasteiger partial charge in [0.25, 0.3) is 0 Å². The van der Waals surface area contributed by atoms with E-state index >= 15 is 0 Å². The van der Waals surface area contributed by atoms with Crippen LogP contribution < -0.4 is 5.32 Å². The van der Waals surface area contributed by atoms with E-state index in [1.54, 1.807) is 0 Å². The molecule has 0 aromatic heterocycles. The lowest BCUT2D eigenvalue weighted by Gasteiger charge is -2.37. The molecule has 5 heteroatoms. The molecule has 1 amide bonds. The molecule has 1 fully saturated rings. The second-order valence-electron chi connectivity index (χ2n) is 7.78. The molecule has 2 atom stereocenters. The van der Waals surface area contributed by atoms with E-state index in [0.29, 0.717) is 0 Å². The van der Waals surface area contributed by atoms with Crippen molar-refractivity contribution < 1.29 is 14.6 Å². The van der Waals surface area contributed by atoms with E-state index in [1.165, 1.54) is 0 Å². The molecular formula is C17H34N2O3. The highest BCUT2D eigenvalue weighted by Gasteiger charge is 2.30. The molecule has 0 saturated carbocycles. The number of amides is 1. The molecule has 1 heterocycles. The molecule has 1 aliphatic heterocycles. The highest BCUT2D eigenvalue weighted by Crippen LogP contribution is 2.21. The van der Waals surface area contributed by atoms with Crippen LogP contribution in [0, 0.1) is 5.41 Å². The first-order valence-corrected chi connectivity index (χ1v) is 8.52. The van der Waals surface area contributed by atoms with Crippen LogP contribution in [0.15, 0.2) is 0 Å². The largest absolute Gasteiger partial charge is 0.444 e. The van der Waals surface area contributed by atoms with Crippen LogP contribution in [0.2, 0.25) is 0 Å².